The first-order valence-corrected chi connectivity index (χ1v) is 12.6. The summed E-state index contributed by atoms with van der Waals surface area (Å²) >= 11 is 0. The standard InChI is InChI=1S/C27H30FN5O3.ClH/c1-16-3-5-21-23(31-16)19(20(28)14-29-21)7-8-27-11-9-26(10-12-27,15-35-27)30-13-18-4-6-22-24(32-18)33-25(34)17(2)36-22;/h3-6,14,17,30H,7-13,15H2,1-2H3,(H,32,33,34);1H. The van der Waals surface area contributed by atoms with Gasteiger partial charge in [0, 0.05) is 23.3 Å². The van der Waals surface area contributed by atoms with Crippen LogP contribution >= 0.6 is 12.4 Å². The number of carbonyl (C=O) groups excluding carboxylic acids is 1. The molecule has 1 amide bonds. The normalized spacial score (nSPS) is 26.2. The van der Waals surface area contributed by atoms with E-state index in [0.29, 0.717) is 42.2 Å². The van der Waals surface area contributed by atoms with Crippen LogP contribution in [-0.4, -0.2) is 44.7 Å². The van der Waals surface area contributed by atoms with E-state index in [9.17, 15) is 9.18 Å². The van der Waals surface area contributed by atoms with Gasteiger partial charge in [0.05, 0.1) is 35.1 Å². The van der Waals surface area contributed by atoms with Crippen molar-refractivity contribution in [2.24, 2.45) is 0 Å². The van der Waals surface area contributed by atoms with Crippen LogP contribution in [0.1, 0.15) is 56.0 Å². The lowest BCUT2D eigenvalue weighted by Crippen LogP contribution is -2.61. The summed E-state index contributed by atoms with van der Waals surface area (Å²) in [6.45, 7) is 4.82. The minimum Gasteiger partial charge on any atom is -0.477 e. The average Bonchev–Trinajstić information content (AvgIpc) is 2.89. The highest BCUT2D eigenvalue weighted by atomic mass is 35.5. The third-order valence-electron chi connectivity index (χ3n) is 7.98. The van der Waals surface area contributed by atoms with Crippen molar-refractivity contribution in [3.05, 3.63) is 53.2 Å². The highest BCUT2D eigenvalue weighted by molar-refractivity contribution is 5.96. The predicted octanol–water partition coefficient (Wildman–Crippen LogP) is 4.42. The van der Waals surface area contributed by atoms with E-state index in [1.54, 1.807) is 6.92 Å². The molecule has 1 aliphatic carbocycles. The number of fused-ring (bicyclic) bond motifs is 5. The SMILES string of the molecule is Cc1ccc2ncc(F)c(CCC34CCC(NCc5ccc6c(n5)NC(=O)C(C)O6)(CC3)CO4)c2n1.Cl. The van der Waals surface area contributed by atoms with Gasteiger partial charge in [-0.25, -0.2) is 9.37 Å². The maximum absolute atomic E-state index is 14.7. The summed E-state index contributed by atoms with van der Waals surface area (Å²) in [4.78, 5) is 25.2. The lowest BCUT2D eigenvalue weighted by atomic mass is 9.69. The Morgan fingerprint density at radius 2 is 1.97 bits per heavy atom. The fourth-order valence-electron chi connectivity index (χ4n) is 5.61. The molecule has 1 unspecified atom stereocenters. The number of aryl methyl sites for hydroxylation is 2. The molecule has 2 N–H and O–H groups in total. The maximum Gasteiger partial charge on any atom is 0.266 e. The van der Waals surface area contributed by atoms with Crippen LogP contribution in [0.25, 0.3) is 11.0 Å². The van der Waals surface area contributed by atoms with Crippen LogP contribution in [0.4, 0.5) is 10.2 Å². The molecule has 8 nitrogen and oxygen atoms in total. The molecule has 1 saturated carbocycles. The van der Waals surface area contributed by atoms with E-state index >= 15 is 0 Å². The van der Waals surface area contributed by atoms with Crippen molar-refractivity contribution >= 4 is 35.2 Å². The number of aromatic nitrogens is 3. The quantitative estimate of drug-likeness (QED) is 0.489. The molecule has 3 aromatic heterocycles. The molecule has 3 aromatic rings. The third kappa shape index (κ3) is 4.87. The van der Waals surface area contributed by atoms with E-state index in [1.165, 1.54) is 6.20 Å². The Labute approximate surface area is 221 Å². The zero-order chi connectivity index (χ0) is 24.9. The number of anilines is 1. The van der Waals surface area contributed by atoms with Crippen LogP contribution in [-0.2, 0) is 22.5 Å². The first-order chi connectivity index (χ1) is 17.3. The zero-order valence-electron chi connectivity index (χ0n) is 21.0. The second-order valence-corrected chi connectivity index (χ2v) is 10.4. The van der Waals surface area contributed by atoms with Gasteiger partial charge in [-0.2, -0.15) is 0 Å². The molecule has 2 saturated heterocycles. The summed E-state index contributed by atoms with van der Waals surface area (Å²) < 4.78 is 26.8. The van der Waals surface area contributed by atoms with Crippen molar-refractivity contribution in [2.45, 2.75) is 76.2 Å². The van der Waals surface area contributed by atoms with Gasteiger partial charge in [-0.1, -0.05) is 0 Å². The van der Waals surface area contributed by atoms with Crippen molar-refractivity contribution in [1.82, 2.24) is 20.3 Å². The second-order valence-electron chi connectivity index (χ2n) is 10.4. The van der Waals surface area contributed by atoms with E-state index in [2.05, 4.69) is 25.6 Å². The zero-order valence-corrected chi connectivity index (χ0v) is 21.8. The number of nitrogens with zero attached hydrogens (tertiary/aromatic N) is 3. The molecular formula is C27H31ClFN5O3. The molecule has 7 rings (SSSR count). The molecule has 10 heteroatoms. The third-order valence-corrected chi connectivity index (χ3v) is 7.98. The molecule has 4 aliphatic rings. The topological polar surface area (TPSA) is 98.3 Å². The van der Waals surface area contributed by atoms with E-state index in [-0.39, 0.29) is 35.3 Å². The number of hydrogen-bond donors (Lipinski definition) is 2. The van der Waals surface area contributed by atoms with E-state index in [0.717, 1.165) is 49.0 Å². The maximum atomic E-state index is 14.7. The summed E-state index contributed by atoms with van der Waals surface area (Å²) in [7, 11) is 0. The Balaban J connectivity index is 0.00000280. The van der Waals surface area contributed by atoms with Gasteiger partial charge in [-0.15, -0.1) is 12.4 Å². The van der Waals surface area contributed by atoms with Crippen LogP contribution in [0.15, 0.2) is 30.5 Å². The van der Waals surface area contributed by atoms with Gasteiger partial charge in [0.2, 0.25) is 0 Å². The molecule has 37 heavy (non-hydrogen) atoms. The van der Waals surface area contributed by atoms with E-state index in [4.69, 9.17) is 9.47 Å². The number of carbonyl (C=O) groups is 1. The van der Waals surface area contributed by atoms with Gasteiger partial charge < -0.3 is 20.1 Å². The Bertz CT molecular complexity index is 1320. The lowest BCUT2D eigenvalue weighted by molar-refractivity contribution is -0.165. The van der Waals surface area contributed by atoms with E-state index in [1.807, 2.05) is 31.2 Å². The molecular weight excluding hydrogens is 497 g/mol. The number of nitrogens with one attached hydrogen (secondary N) is 2. The molecule has 6 heterocycles. The Morgan fingerprint density at radius 1 is 1.16 bits per heavy atom. The van der Waals surface area contributed by atoms with E-state index < -0.39 is 6.10 Å². The van der Waals surface area contributed by atoms with Crippen LogP contribution in [0.3, 0.4) is 0 Å². The molecule has 0 aromatic carbocycles. The highest BCUT2D eigenvalue weighted by Crippen LogP contribution is 2.46. The molecule has 3 fully saturated rings. The lowest BCUT2D eigenvalue weighted by Gasteiger charge is -2.53. The monoisotopic (exact) mass is 527 g/mol. The van der Waals surface area contributed by atoms with Crippen molar-refractivity contribution in [3.8, 4) is 5.75 Å². The molecule has 2 bridgehead atoms. The first-order valence-electron chi connectivity index (χ1n) is 12.6. The Hall–Kier alpha value is -2.88. The minimum atomic E-state index is -0.516. The second kappa shape index (κ2) is 9.78. The van der Waals surface area contributed by atoms with Crippen LogP contribution in [0.5, 0.6) is 5.75 Å². The number of hydrogen-bond acceptors (Lipinski definition) is 7. The predicted molar refractivity (Wildman–Crippen MR) is 139 cm³/mol. The minimum absolute atomic E-state index is 0. The molecule has 1 atom stereocenters. The van der Waals surface area contributed by atoms with Gasteiger partial charge in [0.15, 0.2) is 17.7 Å². The molecule has 196 valence electrons. The van der Waals surface area contributed by atoms with Gasteiger partial charge in [-0.3, -0.25) is 14.8 Å². The first kappa shape index (κ1) is 25.8. The van der Waals surface area contributed by atoms with Crippen molar-refractivity contribution in [2.75, 3.05) is 11.9 Å². The largest absolute Gasteiger partial charge is 0.477 e. The fourth-order valence-corrected chi connectivity index (χ4v) is 5.61. The van der Waals surface area contributed by atoms with Gasteiger partial charge in [0.25, 0.3) is 5.91 Å². The van der Waals surface area contributed by atoms with Crippen molar-refractivity contribution < 1.29 is 18.7 Å². The highest BCUT2D eigenvalue weighted by Gasteiger charge is 2.49. The molecule has 0 spiro atoms. The summed E-state index contributed by atoms with van der Waals surface area (Å²) in [6, 6.07) is 7.58. The van der Waals surface area contributed by atoms with Gasteiger partial charge in [-0.05, 0) is 76.6 Å². The van der Waals surface area contributed by atoms with Crippen LogP contribution < -0.4 is 15.4 Å². The summed E-state index contributed by atoms with van der Waals surface area (Å²) in [5, 5.41) is 6.48. The smallest absolute Gasteiger partial charge is 0.266 e. The Kier molecular flexibility index (Phi) is 6.81. The number of ether oxygens (including phenoxy) is 2. The van der Waals surface area contributed by atoms with Gasteiger partial charge >= 0.3 is 0 Å². The number of amides is 1. The summed E-state index contributed by atoms with van der Waals surface area (Å²) in [6.07, 6.45) is 5.97. The van der Waals surface area contributed by atoms with Crippen molar-refractivity contribution in [3.63, 3.8) is 0 Å². The summed E-state index contributed by atoms with van der Waals surface area (Å²) in [5.41, 5.74) is 3.39. The Morgan fingerprint density at radius 3 is 2.73 bits per heavy atom. The fraction of sp³-hybridized carbons (Fsp3) is 0.481. The number of pyridine rings is 3. The van der Waals surface area contributed by atoms with Crippen LogP contribution in [0.2, 0.25) is 0 Å². The number of halogens is 2. The van der Waals surface area contributed by atoms with Crippen molar-refractivity contribution in [1.29, 1.82) is 0 Å². The van der Waals surface area contributed by atoms with Crippen LogP contribution in [0, 0.1) is 12.7 Å². The molecule has 3 aliphatic heterocycles. The average molecular weight is 528 g/mol. The summed E-state index contributed by atoms with van der Waals surface area (Å²) in [5.74, 6) is 0.580. The number of rotatable bonds is 6. The molecule has 0 radical (unpaired) electrons. The van der Waals surface area contributed by atoms with Gasteiger partial charge in [0.1, 0.15) is 5.82 Å².